The van der Waals surface area contributed by atoms with Crippen molar-refractivity contribution in [1.82, 2.24) is 10.2 Å². The Hall–Kier alpha value is -0.830. The monoisotopic (exact) mass is 759 g/mol. The highest BCUT2D eigenvalue weighted by Gasteiger charge is 2.28. The summed E-state index contributed by atoms with van der Waals surface area (Å²) < 4.78 is 0. The van der Waals surface area contributed by atoms with Gasteiger partial charge in [0.25, 0.3) is 0 Å². The van der Waals surface area contributed by atoms with E-state index in [1.165, 1.54) is 244 Å². The minimum atomic E-state index is 0.0252. The lowest BCUT2D eigenvalue weighted by Gasteiger charge is -2.35. The predicted octanol–water partition coefficient (Wildman–Crippen LogP) is 17.0. The fourth-order valence-corrected chi connectivity index (χ4v) is 8.63. The van der Waals surface area contributed by atoms with E-state index in [1.807, 2.05) is 0 Å². The molecule has 0 fully saturated rings. The van der Waals surface area contributed by atoms with Gasteiger partial charge >= 0.3 is 0 Å². The van der Waals surface area contributed by atoms with Crippen LogP contribution in [0.15, 0.2) is 11.6 Å². The quantitative estimate of drug-likeness (QED) is 0.0496. The largest absolute Gasteiger partial charge is 0.351 e. The SMILES string of the molecule is C/C=C(/CCCCCCCCCCC)CCCCCCCN(CCC)CCCCCCCC(=O)NC(CC)(CCCCCCCC)CCCCCCCC. The second-order valence-electron chi connectivity index (χ2n) is 17.6. The molecule has 1 N–H and O–H groups in total. The van der Waals surface area contributed by atoms with Crippen molar-refractivity contribution in [1.29, 1.82) is 0 Å². The van der Waals surface area contributed by atoms with Gasteiger partial charge in [-0.1, -0.05) is 213 Å². The first-order valence-electron chi connectivity index (χ1n) is 25.2. The minimum absolute atomic E-state index is 0.0252. The van der Waals surface area contributed by atoms with E-state index in [0.717, 1.165) is 12.8 Å². The van der Waals surface area contributed by atoms with Crippen molar-refractivity contribution in [2.75, 3.05) is 19.6 Å². The molecule has 0 bridgehead atoms. The molecule has 0 saturated heterocycles. The summed E-state index contributed by atoms with van der Waals surface area (Å²) in [5.41, 5.74) is 1.74. The van der Waals surface area contributed by atoms with E-state index in [0.29, 0.717) is 12.3 Å². The molecule has 3 nitrogen and oxygen atoms in total. The van der Waals surface area contributed by atoms with E-state index in [-0.39, 0.29) is 5.54 Å². The van der Waals surface area contributed by atoms with E-state index < -0.39 is 0 Å². The first-order valence-corrected chi connectivity index (χ1v) is 25.2. The highest BCUT2D eigenvalue weighted by atomic mass is 16.1. The topological polar surface area (TPSA) is 32.3 Å². The molecule has 0 aromatic carbocycles. The van der Waals surface area contributed by atoms with E-state index in [4.69, 9.17) is 0 Å². The second kappa shape index (κ2) is 41.8. The molecule has 0 atom stereocenters. The number of carbonyl (C=O) groups excluding carboxylic acids is 1. The number of allylic oxidation sites excluding steroid dienone is 2. The van der Waals surface area contributed by atoms with Crippen LogP contribution in [0.2, 0.25) is 0 Å². The van der Waals surface area contributed by atoms with Crippen molar-refractivity contribution < 1.29 is 4.79 Å². The molecule has 0 aromatic heterocycles. The Labute approximate surface area is 342 Å². The lowest BCUT2D eigenvalue weighted by Crippen LogP contribution is -2.48. The molecule has 0 aromatic rings. The third kappa shape index (κ3) is 34.4. The van der Waals surface area contributed by atoms with Crippen LogP contribution in [0.4, 0.5) is 0 Å². The summed E-state index contributed by atoms with van der Waals surface area (Å²) in [7, 11) is 0. The Kier molecular flexibility index (Phi) is 41.2. The van der Waals surface area contributed by atoms with Crippen molar-refractivity contribution in [2.24, 2.45) is 0 Å². The molecule has 0 spiro atoms. The Bertz CT molecular complexity index is 774. The Balaban J connectivity index is 4.17. The number of unbranched alkanes of at least 4 members (excludes halogenated alkanes) is 26. The van der Waals surface area contributed by atoms with Gasteiger partial charge in [-0.05, 0) is 97.2 Å². The summed E-state index contributed by atoms with van der Waals surface area (Å²) in [6.45, 7) is 17.6. The average molecular weight is 759 g/mol. The van der Waals surface area contributed by atoms with Crippen molar-refractivity contribution in [3.8, 4) is 0 Å². The molecule has 0 unspecified atom stereocenters. The summed E-state index contributed by atoms with van der Waals surface area (Å²) in [5.74, 6) is 0.319. The second-order valence-corrected chi connectivity index (χ2v) is 17.6. The molecule has 322 valence electrons. The summed E-state index contributed by atoms with van der Waals surface area (Å²) in [6, 6.07) is 0. The van der Waals surface area contributed by atoms with Crippen LogP contribution in [-0.2, 0) is 4.79 Å². The van der Waals surface area contributed by atoms with Crippen molar-refractivity contribution in [2.45, 2.75) is 291 Å². The van der Waals surface area contributed by atoms with Gasteiger partial charge in [0.2, 0.25) is 5.91 Å². The molecule has 54 heavy (non-hydrogen) atoms. The number of nitrogens with one attached hydrogen (secondary N) is 1. The van der Waals surface area contributed by atoms with Gasteiger partial charge in [0.15, 0.2) is 0 Å². The first kappa shape index (κ1) is 53.2. The highest BCUT2D eigenvalue weighted by molar-refractivity contribution is 5.76. The van der Waals surface area contributed by atoms with E-state index in [9.17, 15) is 4.79 Å². The number of amides is 1. The Morgan fingerprint density at radius 3 is 1.15 bits per heavy atom. The summed E-state index contributed by atoms with van der Waals surface area (Å²) in [5, 5.41) is 3.63. The van der Waals surface area contributed by atoms with Gasteiger partial charge in [-0.3, -0.25) is 4.79 Å². The highest BCUT2D eigenvalue weighted by Crippen LogP contribution is 2.27. The Morgan fingerprint density at radius 1 is 0.426 bits per heavy atom. The fourth-order valence-electron chi connectivity index (χ4n) is 8.63. The standard InChI is InChI=1S/C51H102N2O/c1-7-13-16-19-22-23-24-27-34-41-49(11-5)42-35-28-25-32-39-47-53(46-10-4)48-40-33-26-29-36-43-50(54)52-51(12-6,44-37-30-20-17-14-8-2)45-38-31-21-18-15-9-3/h11H,7-10,12-48H2,1-6H3,(H,52,54)/b49-11-. The maximum Gasteiger partial charge on any atom is 0.220 e. The molecule has 0 aliphatic carbocycles. The molecule has 0 rings (SSSR count). The number of hydrogen-bond acceptors (Lipinski definition) is 2. The van der Waals surface area contributed by atoms with Crippen LogP contribution in [0, 0.1) is 0 Å². The van der Waals surface area contributed by atoms with Gasteiger partial charge in [-0.2, -0.15) is 0 Å². The summed E-state index contributed by atoms with van der Waals surface area (Å²) >= 11 is 0. The predicted molar refractivity (Wildman–Crippen MR) is 245 cm³/mol. The zero-order valence-corrected chi connectivity index (χ0v) is 38.4. The van der Waals surface area contributed by atoms with Gasteiger partial charge in [0.05, 0.1) is 0 Å². The van der Waals surface area contributed by atoms with Crippen LogP contribution in [0.25, 0.3) is 0 Å². The van der Waals surface area contributed by atoms with E-state index in [2.05, 4.69) is 57.8 Å². The average Bonchev–Trinajstić information content (AvgIpc) is 3.18. The number of carbonyl (C=O) groups is 1. The van der Waals surface area contributed by atoms with Gasteiger partial charge in [-0.25, -0.2) is 0 Å². The number of rotatable bonds is 44. The smallest absolute Gasteiger partial charge is 0.220 e. The van der Waals surface area contributed by atoms with E-state index in [1.54, 1.807) is 5.57 Å². The van der Waals surface area contributed by atoms with Crippen LogP contribution in [-0.4, -0.2) is 36.0 Å². The minimum Gasteiger partial charge on any atom is -0.351 e. The normalized spacial score (nSPS) is 12.3. The van der Waals surface area contributed by atoms with Crippen molar-refractivity contribution in [3.05, 3.63) is 11.6 Å². The maximum absolute atomic E-state index is 13.2. The van der Waals surface area contributed by atoms with Gasteiger partial charge in [0, 0.05) is 12.0 Å². The van der Waals surface area contributed by atoms with Gasteiger partial charge in [-0.15, -0.1) is 0 Å². The molecule has 0 saturated carbocycles. The lowest BCUT2D eigenvalue weighted by molar-refractivity contribution is -0.123. The van der Waals surface area contributed by atoms with Gasteiger partial charge in [0.1, 0.15) is 0 Å². The fraction of sp³-hybridized carbons (Fsp3) is 0.941. The molecular formula is C51H102N2O. The third-order valence-electron chi connectivity index (χ3n) is 12.5. The molecular weight excluding hydrogens is 657 g/mol. The first-order chi connectivity index (χ1) is 26.5. The molecule has 0 aliphatic rings. The van der Waals surface area contributed by atoms with Crippen LogP contribution in [0.5, 0.6) is 0 Å². The van der Waals surface area contributed by atoms with E-state index >= 15 is 0 Å². The van der Waals surface area contributed by atoms with Crippen LogP contribution in [0.3, 0.4) is 0 Å². The molecule has 0 radical (unpaired) electrons. The number of hydrogen-bond donors (Lipinski definition) is 1. The van der Waals surface area contributed by atoms with Gasteiger partial charge < -0.3 is 10.2 Å². The van der Waals surface area contributed by atoms with Crippen LogP contribution >= 0.6 is 0 Å². The van der Waals surface area contributed by atoms with Crippen molar-refractivity contribution in [3.63, 3.8) is 0 Å². The maximum atomic E-state index is 13.2. The lowest BCUT2D eigenvalue weighted by atomic mass is 9.83. The van der Waals surface area contributed by atoms with Crippen molar-refractivity contribution >= 4 is 5.91 Å². The number of nitrogens with zero attached hydrogens (tertiary/aromatic N) is 1. The molecule has 0 heterocycles. The Morgan fingerprint density at radius 2 is 0.778 bits per heavy atom. The molecule has 0 aliphatic heterocycles. The zero-order valence-electron chi connectivity index (χ0n) is 38.4. The summed E-state index contributed by atoms with van der Waals surface area (Å²) in [4.78, 5) is 15.9. The summed E-state index contributed by atoms with van der Waals surface area (Å²) in [6.07, 6.45) is 52.4. The van der Waals surface area contributed by atoms with Crippen LogP contribution < -0.4 is 5.32 Å². The third-order valence-corrected chi connectivity index (χ3v) is 12.5. The molecule has 1 amide bonds. The van der Waals surface area contributed by atoms with Crippen LogP contribution in [0.1, 0.15) is 286 Å². The molecule has 3 heteroatoms. The zero-order chi connectivity index (χ0) is 39.6.